The molecule has 0 saturated carbocycles. The van der Waals surface area contributed by atoms with Gasteiger partial charge in [0.2, 0.25) is 0 Å². The van der Waals surface area contributed by atoms with Crippen LogP contribution in [0.3, 0.4) is 0 Å². The highest BCUT2D eigenvalue weighted by molar-refractivity contribution is 4.72. The van der Waals surface area contributed by atoms with Crippen LogP contribution in [-0.4, -0.2) is 35.6 Å². The van der Waals surface area contributed by atoms with Crippen molar-refractivity contribution in [1.82, 2.24) is 35.6 Å². The van der Waals surface area contributed by atoms with E-state index >= 15 is 0 Å². The van der Waals surface area contributed by atoms with E-state index < -0.39 is 0 Å². The predicted molar refractivity (Wildman–Crippen MR) is 53.6 cm³/mol. The van der Waals surface area contributed by atoms with Crippen LogP contribution in [0.5, 0.6) is 0 Å². The monoisotopic (exact) mass is 205 g/mol. The lowest BCUT2D eigenvalue weighted by molar-refractivity contribution is 1.09. The van der Waals surface area contributed by atoms with E-state index in [-0.39, 0.29) is 0 Å². The first-order chi connectivity index (χ1) is 7.50. The van der Waals surface area contributed by atoms with Gasteiger partial charge in [0.15, 0.2) is 0 Å². The van der Waals surface area contributed by atoms with Crippen LogP contribution >= 0.6 is 0 Å². The maximum Gasteiger partial charge on any atom is 0.137 e. The highest BCUT2D eigenvalue weighted by Crippen LogP contribution is 1.65. The zero-order valence-electron chi connectivity index (χ0n) is 7.91. The number of rotatable bonds is 0. The summed E-state index contributed by atoms with van der Waals surface area (Å²) in [5.74, 6) is 0. The number of aromatic nitrogens is 7. The normalized spacial score (nSPS) is 8.00. The molecule has 0 amide bonds. The van der Waals surface area contributed by atoms with Crippen molar-refractivity contribution >= 4 is 0 Å². The zero-order valence-corrected chi connectivity index (χ0v) is 7.91. The highest BCUT2D eigenvalue weighted by atomic mass is 15.2. The van der Waals surface area contributed by atoms with Crippen molar-refractivity contribution in [1.29, 1.82) is 0 Å². The first kappa shape index (κ1) is 10.6. The van der Waals surface area contributed by atoms with E-state index in [1.807, 2.05) is 12.1 Å². The summed E-state index contributed by atoms with van der Waals surface area (Å²) in [6.45, 7) is 0. The van der Waals surface area contributed by atoms with Crippen LogP contribution in [0.4, 0.5) is 0 Å². The lowest BCUT2D eigenvalue weighted by atomic mass is 10.8. The van der Waals surface area contributed by atoms with Gasteiger partial charge in [-0.2, -0.15) is 15.3 Å². The van der Waals surface area contributed by atoms with Crippen molar-refractivity contribution < 1.29 is 0 Å². The first-order valence-corrected chi connectivity index (χ1v) is 4.16. The molecule has 15 heavy (non-hydrogen) atoms. The molecule has 0 aliphatic rings. The maximum absolute atomic E-state index is 3.60. The fraction of sp³-hybridized carbons (Fsp3) is 0. The average Bonchev–Trinajstić information content (AvgIpc) is 3.09. The molecule has 0 unspecified atom stereocenters. The van der Waals surface area contributed by atoms with Crippen LogP contribution in [0.25, 0.3) is 0 Å². The summed E-state index contributed by atoms with van der Waals surface area (Å²) in [7, 11) is 0. The molecule has 0 atom stereocenters. The molecular weight excluding hydrogens is 194 g/mol. The summed E-state index contributed by atoms with van der Waals surface area (Å²) < 4.78 is 0. The second-order valence-corrected chi connectivity index (χ2v) is 2.18. The summed E-state index contributed by atoms with van der Waals surface area (Å²) >= 11 is 0. The second kappa shape index (κ2) is 8.17. The van der Waals surface area contributed by atoms with Crippen molar-refractivity contribution in [2.75, 3.05) is 0 Å². The summed E-state index contributed by atoms with van der Waals surface area (Å²) in [6, 6.07) is 3.67. The Morgan fingerprint density at radius 3 is 1.53 bits per heavy atom. The molecule has 3 aromatic heterocycles. The maximum atomic E-state index is 3.60. The fourth-order valence-corrected chi connectivity index (χ4v) is 0.597. The third kappa shape index (κ3) is 6.70. The quantitative estimate of drug-likeness (QED) is 0.501. The molecule has 0 spiro atoms. The van der Waals surface area contributed by atoms with E-state index in [4.69, 9.17) is 0 Å². The van der Waals surface area contributed by atoms with E-state index in [2.05, 4.69) is 35.6 Å². The standard InChI is InChI=1S/2C3H4N2.C2H3N3/c2*1-2-4-5-3-1;1-3-2-5-4-1/h2*1-3H,(H,4,5);1-2H,(H,3,4,5). The molecule has 0 fully saturated rings. The van der Waals surface area contributed by atoms with Gasteiger partial charge in [-0.1, -0.05) is 0 Å². The minimum Gasteiger partial charge on any atom is -0.286 e. The third-order valence-corrected chi connectivity index (χ3v) is 1.14. The van der Waals surface area contributed by atoms with Gasteiger partial charge in [-0.15, -0.1) is 0 Å². The molecule has 0 aliphatic heterocycles. The van der Waals surface area contributed by atoms with Gasteiger partial charge in [-0.3, -0.25) is 15.3 Å². The molecule has 3 rings (SSSR count). The van der Waals surface area contributed by atoms with E-state index in [0.717, 1.165) is 0 Å². The predicted octanol–water partition coefficient (Wildman–Crippen LogP) is 0.624. The van der Waals surface area contributed by atoms with Crippen molar-refractivity contribution in [3.05, 3.63) is 49.6 Å². The van der Waals surface area contributed by atoms with Crippen LogP contribution in [-0.2, 0) is 0 Å². The molecule has 7 heteroatoms. The first-order valence-electron chi connectivity index (χ1n) is 4.16. The molecule has 3 heterocycles. The molecule has 0 saturated heterocycles. The van der Waals surface area contributed by atoms with Gasteiger partial charge >= 0.3 is 0 Å². The Morgan fingerprint density at radius 2 is 1.40 bits per heavy atom. The van der Waals surface area contributed by atoms with E-state index in [1.54, 1.807) is 24.8 Å². The van der Waals surface area contributed by atoms with Crippen molar-refractivity contribution in [3.8, 4) is 0 Å². The summed E-state index contributed by atoms with van der Waals surface area (Å²) in [4.78, 5) is 3.56. The van der Waals surface area contributed by atoms with Crippen molar-refractivity contribution in [2.45, 2.75) is 0 Å². The Labute approximate surface area is 86.0 Å². The zero-order chi connectivity index (χ0) is 10.6. The van der Waals surface area contributed by atoms with Crippen LogP contribution < -0.4 is 0 Å². The van der Waals surface area contributed by atoms with Crippen LogP contribution in [0, 0.1) is 0 Å². The highest BCUT2D eigenvalue weighted by Gasteiger charge is 1.57. The summed E-state index contributed by atoms with van der Waals surface area (Å²) in [6.07, 6.45) is 9.88. The molecule has 3 aromatic rings. The largest absolute Gasteiger partial charge is 0.286 e. The number of nitrogens with one attached hydrogen (secondary N) is 3. The van der Waals surface area contributed by atoms with Crippen molar-refractivity contribution in [3.63, 3.8) is 0 Å². The lowest BCUT2D eigenvalue weighted by Gasteiger charge is -1.49. The molecule has 0 aliphatic carbocycles. The van der Waals surface area contributed by atoms with Crippen LogP contribution in [0.15, 0.2) is 49.6 Å². The van der Waals surface area contributed by atoms with E-state index in [0.29, 0.717) is 0 Å². The fourth-order valence-electron chi connectivity index (χ4n) is 0.597. The number of hydrogen-bond acceptors (Lipinski definition) is 4. The number of aromatic amines is 3. The Kier molecular flexibility index (Phi) is 5.80. The third-order valence-electron chi connectivity index (χ3n) is 1.14. The lowest BCUT2D eigenvalue weighted by Crippen LogP contribution is -1.53. The Balaban J connectivity index is 0.000000112. The number of H-pyrrole nitrogens is 3. The molecular formula is C8H11N7. The van der Waals surface area contributed by atoms with E-state index in [1.165, 1.54) is 12.7 Å². The van der Waals surface area contributed by atoms with Crippen molar-refractivity contribution in [2.24, 2.45) is 0 Å². The van der Waals surface area contributed by atoms with Crippen LogP contribution in [0.2, 0.25) is 0 Å². The number of hydrogen-bond donors (Lipinski definition) is 3. The SMILES string of the molecule is c1cn[nH]c1.c1cn[nH]c1.c1nc[nH]n1. The topological polar surface area (TPSA) is 98.9 Å². The Bertz CT molecular complexity index is 247. The molecule has 7 nitrogen and oxygen atoms in total. The molecule has 0 radical (unpaired) electrons. The summed E-state index contributed by atoms with van der Waals surface area (Å²) in [5.41, 5.74) is 0. The van der Waals surface area contributed by atoms with Gasteiger partial charge in [-0.25, -0.2) is 4.98 Å². The molecule has 3 N–H and O–H groups in total. The second-order valence-electron chi connectivity index (χ2n) is 2.18. The van der Waals surface area contributed by atoms with Gasteiger partial charge in [0.25, 0.3) is 0 Å². The van der Waals surface area contributed by atoms with Gasteiger partial charge in [0.1, 0.15) is 12.7 Å². The minimum atomic E-state index is 1.44. The van der Waals surface area contributed by atoms with Crippen LogP contribution in [0.1, 0.15) is 0 Å². The van der Waals surface area contributed by atoms with Gasteiger partial charge in [-0.05, 0) is 12.1 Å². The minimum absolute atomic E-state index is 1.44. The smallest absolute Gasteiger partial charge is 0.137 e. The number of nitrogens with zero attached hydrogens (tertiary/aromatic N) is 4. The van der Waals surface area contributed by atoms with Gasteiger partial charge in [0.05, 0.1) is 0 Å². The average molecular weight is 205 g/mol. The molecule has 0 bridgehead atoms. The van der Waals surface area contributed by atoms with E-state index in [9.17, 15) is 0 Å². The summed E-state index contributed by atoms with van der Waals surface area (Å²) in [5, 5.41) is 18.4. The Hall–Kier alpha value is -2.44. The molecule has 0 aromatic carbocycles. The molecule has 78 valence electrons. The Morgan fingerprint density at radius 1 is 0.733 bits per heavy atom. The van der Waals surface area contributed by atoms with Gasteiger partial charge in [0, 0.05) is 24.8 Å². The van der Waals surface area contributed by atoms with Gasteiger partial charge < -0.3 is 0 Å².